The summed E-state index contributed by atoms with van der Waals surface area (Å²) in [5.41, 5.74) is 1.92. The van der Waals surface area contributed by atoms with E-state index < -0.39 is 27.7 Å². The number of carbonyl (C=O) groups is 1. The Hall–Kier alpha value is -3.33. The average molecular weight is 475 g/mol. The molecule has 0 saturated carbocycles. The van der Waals surface area contributed by atoms with Gasteiger partial charge in [0.1, 0.15) is 0 Å². The number of aryl methyl sites for hydroxylation is 2. The highest BCUT2D eigenvalue weighted by atomic mass is 32.2. The molecule has 0 saturated heterocycles. The van der Waals surface area contributed by atoms with E-state index in [1.807, 2.05) is 6.92 Å². The van der Waals surface area contributed by atoms with Gasteiger partial charge in [-0.1, -0.05) is 17.7 Å². The van der Waals surface area contributed by atoms with Gasteiger partial charge in [0.15, 0.2) is 0 Å². The van der Waals surface area contributed by atoms with E-state index in [2.05, 4.69) is 5.32 Å². The predicted octanol–water partition coefficient (Wildman–Crippen LogP) is 5.41. The van der Waals surface area contributed by atoms with Crippen LogP contribution in [0.15, 0.2) is 71.6 Å². The number of halogens is 3. The monoisotopic (exact) mass is 474 g/mol. The second kappa shape index (κ2) is 8.55. The van der Waals surface area contributed by atoms with Crippen molar-refractivity contribution in [1.82, 2.24) is 0 Å². The first-order chi connectivity index (χ1) is 15.6. The van der Waals surface area contributed by atoms with Crippen LogP contribution in [0.3, 0.4) is 0 Å². The van der Waals surface area contributed by atoms with Crippen LogP contribution in [0.2, 0.25) is 0 Å². The van der Waals surface area contributed by atoms with Crippen molar-refractivity contribution in [1.29, 1.82) is 0 Å². The van der Waals surface area contributed by atoms with Crippen molar-refractivity contribution in [2.75, 3.05) is 16.2 Å². The number of alkyl halides is 3. The van der Waals surface area contributed by atoms with Gasteiger partial charge in [0.2, 0.25) is 0 Å². The number of carbonyl (C=O) groups excluding carboxylic acids is 1. The average Bonchev–Trinajstić information content (AvgIpc) is 2.78. The molecule has 0 unspecified atom stereocenters. The third-order valence-corrected chi connectivity index (χ3v) is 7.32. The molecule has 33 heavy (non-hydrogen) atoms. The number of nitrogens with zero attached hydrogens (tertiary/aromatic N) is 1. The molecule has 0 bridgehead atoms. The normalized spacial score (nSPS) is 14.0. The zero-order valence-corrected chi connectivity index (χ0v) is 18.5. The molecular weight excluding hydrogens is 453 g/mol. The summed E-state index contributed by atoms with van der Waals surface area (Å²) >= 11 is 0. The van der Waals surface area contributed by atoms with Gasteiger partial charge in [0, 0.05) is 17.8 Å². The summed E-state index contributed by atoms with van der Waals surface area (Å²) in [6, 6.07) is 15.6. The largest absolute Gasteiger partial charge is 0.416 e. The van der Waals surface area contributed by atoms with Crippen LogP contribution in [-0.2, 0) is 22.6 Å². The zero-order chi connectivity index (χ0) is 23.8. The van der Waals surface area contributed by atoms with E-state index in [4.69, 9.17) is 0 Å². The van der Waals surface area contributed by atoms with Gasteiger partial charge in [0.25, 0.3) is 15.9 Å². The number of anilines is 2. The Labute approximate surface area is 189 Å². The quantitative estimate of drug-likeness (QED) is 0.550. The van der Waals surface area contributed by atoms with Crippen molar-refractivity contribution in [3.8, 4) is 0 Å². The molecule has 9 heteroatoms. The van der Waals surface area contributed by atoms with Crippen LogP contribution in [-0.4, -0.2) is 20.9 Å². The summed E-state index contributed by atoms with van der Waals surface area (Å²) in [7, 11) is -3.75. The second-order valence-electron chi connectivity index (χ2n) is 7.87. The first-order valence-corrected chi connectivity index (χ1v) is 11.7. The molecule has 1 aliphatic rings. The molecular formula is C24H21F3N2O3S. The standard InChI is InChI=1S/C24H21F3N2O3S/c1-16-4-11-21(12-5-16)33(31,32)29-14-2-3-17-15-18(6-13-22(17)29)23(30)28-20-9-7-19(8-10-20)24(25,26)27/h4-13,15H,2-3,14H2,1H3,(H,28,30). The maximum atomic E-state index is 13.2. The lowest BCUT2D eigenvalue weighted by Gasteiger charge is -2.30. The number of hydrogen-bond donors (Lipinski definition) is 1. The predicted molar refractivity (Wildman–Crippen MR) is 120 cm³/mol. The molecule has 4 rings (SSSR count). The number of sulfonamides is 1. The molecule has 1 N–H and O–H groups in total. The summed E-state index contributed by atoms with van der Waals surface area (Å²) in [4.78, 5) is 12.8. The number of hydrogen-bond acceptors (Lipinski definition) is 3. The maximum absolute atomic E-state index is 13.2. The van der Waals surface area contributed by atoms with E-state index in [9.17, 15) is 26.4 Å². The molecule has 1 heterocycles. The highest BCUT2D eigenvalue weighted by molar-refractivity contribution is 7.92. The SMILES string of the molecule is Cc1ccc(S(=O)(=O)N2CCCc3cc(C(=O)Nc4ccc(C(F)(F)F)cc4)ccc32)cc1. The number of benzene rings is 3. The fourth-order valence-electron chi connectivity index (χ4n) is 3.74. The molecule has 0 spiro atoms. The Balaban J connectivity index is 1.57. The first kappa shape index (κ1) is 22.8. The molecule has 3 aromatic carbocycles. The minimum Gasteiger partial charge on any atom is -0.322 e. The lowest BCUT2D eigenvalue weighted by molar-refractivity contribution is -0.137. The highest BCUT2D eigenvalue weighted by Crippen LogP contribution is 2.33. The van der Waals surface area contributed by atoms with Gasteiger partial charge in [0.05, 0.1) is 16.1 Å². The minimum atomic E-state index is -4.45. The van der Waals surface area contributed by atoms with E-state index in [0.29, 0.717) is 30.6 Å². The number of rotatable bonds is 4. The van der Waals surface area contributed by atoms with Crippen LogP contribution < -0.4 is 9.62 Å². The third kappa shape index (κ3) is 4.73. The Bertz CT molecular complexity index is 1290. The molecule has 5 nitrogen and oxygen atoms in total. The Morgan fingerprint density at radius 3 is 2.27 bits per heavy atom. The van der Waals surface area contributed by atoms with Crippen LogP contribution in [0.1, 0.15) is 33.5 Å². The molecule has 1 aliphatic heterocycles. The molecule has 0 aliphatic carbocycles. The molecule has 0 radical (unpaired) electrons. The molecule has 1 amide bonds. The lowest BCUT2D eigenvalue weighted by atomic mass is 10.0. The van der Waals surface area contributed by atoms with Crippen LogP contribution >= 0.6 is 0 Å². The Morgan fingerprint density at radius 1 is 0.970 bits per heavy atom. The number of nitrogens with one attached hydrogen (secondary N) is 1. The first-order valence-electron chi connectivity index (χ1n) is 10.3. The minimum absolute atomic E-state index is 0.199. The van der Waals surface area contributed by atoms with Crippen molar-refractivity contribution >= 4 is 27.3 Å². The van der Waals surface area contributed by atoms with Crippen LogP contribution in [0.4, 0.5) is 24.5 Å². The van der Waals surface area contributed by atoms with Crippen molar-refractivity contribution in [3.05, 3.63) is 89.0 Å². The number of fused-ring (bicyclic) bond motifs is 1. The summed E-state index contributed by atoms with van der Waals surface area (Å²) in [6.07, 6.45) is -3.25. The fraction of sp³-hybridized carbons (Fsp3) is 0.208. The van der Waals surface area contributed by atoms with E-state index in [1.54, 1.807) is 36.4 Å². The maximum Gasteiger partial charge on any atom is 0.416 e. The summed E-state index contributed by atoms with van der Waals surface area (Å²) in [5, 5.41) is 2.58. The van der Waals surface area contributed by atoms with Gasteiger partial charge in [-0.05, 0) is 79.9 Å². The molecule has 0 fully saturated rings. The van der Waals surface area contributed by atoms with Gasteiger partial charge in [-0.2, -0.15) is 13.2 Å². The van der Waals surface area contributed by atoms with Gasteiger partial charge in [-0.15, -0.1) is 0 Å². The molecule has 0 aromatic heterocycles. The van der Waals surface area contributed by atoms with Crippen molar-refractivity contribution < 1.29 is 26.4 Å². The third-order valence-electron chi connectivity index (χ3n) is 5.50. The van der Waals surface area contributed by atoms with E-state index >= 15 is 0 Å². The fourth-order valence-corrected chi connectivity index (χ4v) is 5.28. The van der Waals surface area contributed by atoms with Crippen molar-refractivity contribution in [2.24, 2.45) is 0 Å². The topological polar surface area (TPSA) is 66.5 Å². The van der Waals surface area contributed by atoms with Gasteiger partial charge < -0.3 is 5.32 Å². The Morgan fingerprint density at radius 2 is 1.64 bits per heavy atom. The highest BCUT2D eigenvalue weighted by Gasteiger charge is 2.31. The summed E-state index contributed by atoms with van der Waals surface area (Å²) in [5.74, 6) is -0.490. The summed E-state index contributed by atoms with van der Waals surface area (Å²) in [6.45, 7) is 2.21. The Kier molecular flexibility index (Phi) is 5.92. The van der Waals surface area contributed by atoms with Crippen molar-refractivity contribution in [3.63, 3.8) is 0 Å². The molecule has 172 valence electrons. The van der Waals surface area contributed by atoms with Gasteiger partial charge in [-0.3, -0.25) is 9.10 Å². The van der Waals surface area contributed by atoms with Crippen LogP contribution in [0.25, 0.3) is 0 Å². The van der Waals surface area contributed by atoms with Gasteiger partial charge in [-0.25, -0.2) is 8.42 Å². The molecule has 0 atom stereocenters. The molecule has 3 aromatic rings. The smallest absolute Gasteiger partial charge is 0.322 e. The van der Waals surface area contributed by atoms with Crippen LogP contribution in [0.5, 0.6) is 0 Å². The van der Waals surface area contributed by atoms with Gasteiger partial charge >= 0.3 is 6.18 Å². The lowest BCUT2D eigenvalue weighted by Crippen LogP contribution is -2.35. The summed E-state index contributed by atoms with van der Waals surface area (Å²) < 4.78 is 65.9. The van der Waals surface area contributed by atoms with E-state index in [0.717, 1.165) is 23.3 Å². The zero-order valence-electron chi connectivity index (χ0n) is 17.7. The van der Waals surface area contributed by atoms with E-state index in [-0.39, 0.29) is 10.6 Å². The van der Waals surface area contributed by atoms with E-state index in [1.165, 1.54) is 22.5 Å². The van der Waals surface area contributed by atoms with Crippen LogP contribution in [0, 0.1) is 6.92 Å². The van der Waals surface area contributed by atoms with Crippen molar-refractivity contribution in [2.45, 2.75) is 30.8 Å². The second-order valence-corrected chi connectivity index (χ2v) is 9.73. The number of amides is 1.